The van der Waals surface area contributed by atoms with Crippen LogP contribution in [0.4, 0.5) is 0 Å². The first-order valence-electron chi connectivity index (χ1n) is 8.34. The Morgan fingerprint density at radius 3 is 2.85 bits per heavy atom. The number of carbonyl (C=O) groups is 3. The molecule has 0 spiro atoms. The van der Waals surface area contributed by atoms with E-state index in [2.05, 4.69) is 15.4 Å². The number of amides is 1. The topological polar surface area (TPSA) is 102 Å². The van der Waals surface area contributed by atoms with Gasteiger partial charge in [0.1, 0.15) is 0 Å². The Labute approximate surface area is 153 Å². The van der Waals surface area contributed by atoms with E-state index >= 15 is 0 Å². The van der Waals surface area contributed by atoms with Gasteiger partial charge in [-0.2, -0.15) is 0 Å². The van der Waals surface area contributed by atoms with Gasteiger partial charge in [-0.1, -0.05) is 5.16 Å². The van der Waals surface area contributed by atoms with Gasteiger partial charge in [-0.05, 0) is 13.0 Å². The van der Waals surface area contributed by atoms with E-state index in [9.17, 15) is 14.4 Å². The second kappa shape index (κ2) is 6.75. The fourth-order valence-electron chi connectivity index (χ4n) is 3.11. The van der Waals surface area contributed by atoms with E-state index in [1.807, 2.05) is 0 Å². The number of ether oxygens (including phenoxy) is 1. The van der Waals surface area contributed by atoms with Crippen LogP contribution < -0.4 is 5.32 Å². The van der Waals surface area contributed by atoms with E-state index in [0.29, 0.717) is 30.3 Å². The minimum Gasteiger partial charge on any atom is -0.379 e. The van der Waals surface area contributed by atoms with Crippen LogP contribution >= 0.6 is 11.3 Å². The highest BCUT2D eigenvalue weighted by molar-refractivity contribution is 7.16. The largest absolute Gasteiger partial charge is 0.379 e. The summed E-state index contributed by atoms with van der Waals surface area (Å²) in [6.07, 6.45) is 0. The molecule has 1 fully saturated rings. The zero-order valence-electron chi connectivity index (χ0n) is 14.2. The van der Waals surface area contributed by atoms with Crippen LogP contribution in [0.2, 0.25) is 0 Å². The van der Waals surface area contributed by atoms with Gasteiger partial charge < -0.3 is 14.6 Å². The molecule has 2 aliphatic rings. The molecule has 4 rings (SSSR count). The third kappa shape index (κ3) is 2.87. The van der Waals surface area contributed by atoms with Crippen LogP contribution in [0, 0.1) is 6.92 Å². The van der Waals surface area contributed by atoms with Crippen LogP contribution in [0.5, 0.6) is 0 Å². The number of fused-ring (bicyclic) bond motifs is 2. The SMILES string of the molecule is Cc1noc2c1C(=O)c1sc(C(=O)NCCN3CCOCC3)cc1C2=O. The maximum Gasteiger partial charge on any atom is 0.261 e. The molecule has 136 valence electrons. The van der Waals surface area contributed by atoms with Crippen LogP contribution in [0.3, 0.4) is 0 Å². The van der Waals surface area contributed by atoms with Crippen molar-refractivity contribution in [2.45, 2.75) is 6.92 Å². The Morgan fingerprint density at radius 1 is 1.31 bits per heavy atom. The number of ketones is 2. The lowest BCUT2D eigenvalue weighted by Crippen LogP contribution is -2.41. The van der Waals surface area contributed by atoms with Gasteiger partial charge in [0.2, 0.25) is 17.3 Å². The Morgan fingerprint density at radius 2 is 2.08 bits per heavy atom. The Bertz CT molecular complexity index is 894. The molecule has 3 heterocycles. The number of nitrogens with zero attached hydrogens (tertiary/aromatic N) is 2. The van der Waals surface area contributed by atoms with Crippen LogP contribution in [-0.4, -0.2) is 66.9 Å². The third-order valence-corrected chi connectivity index (χ3v) is 5.65. The minimum absolute atomic E-state index is 0.0444. The van der Waals surface area contributed by atoms with Crippen molar-refractivity contribution in [1.82, 2.24) is 15.4 Å². The molecule has 0 bridgehead atoms. The van der Waals surface area contributed by atoms with Crippen molar-refractivity contribution in [3.8, 4) is 0 Å². The number of rotatable bonds is 4. The summed E-state index contributed by atoms with van der Waals surface area (Å²) in [6.45, 7) is 5.96. The molecule has 0 unspecified atom stereocenters. The van der Waals surface area contributed by atoms with Crippen molar-refractivity contribution in [2.75, 3.05) is 39.4 Å². The molecule has 1 N–H and O–H groups in total. The fraction of sp³-hybridized carbons (Fsp3) is 0.412. The molecule has 0 atom stereocenters. The predicted octanol–water partition coefficient (Wildman–Crippen LogP) is 0.882. The van der Waals surface area contributed by atoms with Crippen LogP contribution in [-0.2, 0) is 4.74 Å². The Kier molecular flexibility index (Phi) is 4.43. The summed E-state index contributed by atoms with van der Waals surface area (Å²) in [5, 5.41) is 6.54. The molecule has 0 aromatic carbocycles. The van der Waals surface area contributed by atoms with E-state index in [4.69, 9.17) is 9.26 Å². The molecule has 2 aromatic rings. The van der Waals surface area contributed by atoms with Crippen molar-refractivity contribution in [2.24, 2.45) is 0 Å². The van der Waals surface area contributed by atoms with Gasteiger partial charge in [-0.15, -0.1) is 11.3 Å². The van der Waals surface area contributed by atoms with Gasteiger partial charge in [-0.3, -0.25) is 19.3 Å². The zero-order chi connectivity index (χ0) is 18.3. The Hall–Kier alpha value is -2.36. The maximum atomic E-state index is 12.6. The molecule has 1 amide bonds. The van der Waals surface area contributed by atoms with Crippen molar-refractivity contribution < 1.29 is 23.6 Å². The lowest BCUT2D eigenvalue weighted by molar-refractivity contribution is 0.0383. The molecule has 0 saturated carbocycles. The summed E-state index contributed by atoms with van der Waals surface area (Å²) in [6, 6.07) is 1.46. The summed E-state index contributed by atoms with van der Waals surface area (Å²) in [7, 11) is 0. The predicted molar refractivity (Wildman–Crippen MR) is 92.0 cm³/mol. The fourth-order valence-corrected chi connectivity index (χ4v) is 4.13. The molecule has 8 nitrogen and oxygen atoms in total. The van der Waals surface area contributed by atoms with Crippen molar-refractivity contribution in [3.05, 3.63) is 38.4 Å². The average molecular weight is 375 g/mol. The highest BCUT2D eigenvalue weighted by Crippen LogP contribution is 2.34. The van der Waals surface area contributed by atoms with Crippen molar-refractivity contribution >= 4 is 28.8 Å². The summed E-state index contributed by atoms with van der Waals surface area (Å²) in [5.74, 6) is -1.05. The van der Waals surface area contributed by atoms with E-state index in [0.717, 1.165) is 31.0 Å². The highest BCUT2D eigenvalue weighted by atomic mass is 32.1. The van der Waals surface area contributed by atoms with Gasteiger partial charge in [0.15, 0.2) is 0 Å². The molecule has 0 radical (unpaired) electrons. The average Bonchev–Trinajstić information content (AvgIpc) is 3.25. The number of carbonyl (C=O) groups excluding carboxylic acids is 3. The van der Waals surface area contributed by atoms with E-state index in [1.165, 1.54) is 6.07 Å². The number of hydrogen-bond donors (Lipinski definition) is 1. The number of morpholine rings is 1. The van der Waals surface area contributed by atoms with Crippen LogP contribution in [0.15, 0.2) is 10.6 Å². The molecule has 1 saturated heterocycles. The van der Waals surface area contributed by atoms with Crippen molar-refractivity contribution in [1.29, 1.82) is 0 Å². The van der Waals surface area contributed by atoms with Crippen molar-refractivity contribution in [3.63, 3.8) is 0 Å². The second-order valence-corrected chi connectivity index (χ2v) is 7.25. The summed E-state index contributed by atoms with van der Waals surface area (Å²) >= 11 is 1.03. The van der Waals surface area contributed by atoms with Crippen LogP contribution in [0.25, 0.3) is 0 Å². The number of hydrogen-bond acceptors (Lipinski definition) is 8. The quantitative estimate of drug-likeness (QED) is 0.722. The first kappa shape index (κ1) is 17.1. The second-order valence-electron chi connectivity index (χ2n) is 6.19. The molecule has 9 heteroatoms. The molecule has 26 heavy (non-hydrogen) atoms. The third-order valence-electron chi connectivity index (χ3n) is 4.52. The van der Waals surface area contributed by atoms with Gasteiger partial charge >= 0.3 is 0 Å². The van der Waals surface area contributed by atoms with Gasteiger partial charge in [0, 0.05) is 31.7 Å². The number of nitrogens with one attached hydrogen (secondary N) is 1. The summed E-state index contributed by atoms with van der Waals surface area (Å²) < 4.78 is 10.3. The van der Waals surface area contributed by atoms with Gasteiger partial charge in [0.05, 0.1) is 34.2 Å². The normalized spacial score (nSPS) is 17.1. The Balaban J connectivity index is 1.46. The lowest BCUT2D eigenvalue weighted by atomic mass is 9.93. The number of thiophene rings is 1. The number of aryl methyl sites for hydroxylation is 1. The molecular weight excluding hydrogens is 358 g/mol. The highest BCUT2D eigenvalue weighted by Gasteiger charge is 2.38. The maximum absolute atomic E-state index is 12.6. The molecule has 1 aliphatic heterocycles. The first-order chi connectivity index (χ1) is 12.6. The van der Waals surface area contributed by atoms with Gasteiger partial charge in [0.25, 0.3) is 5.91 Å². The molecular formula is C17H17N3O5S. The summed E-state index contributed by atoms with van der Waals surface area (Å²) in [5.41, 5.74) is 0.791. The lowest BCUT2D eigenvalue weighted by Gasteiger charge is -2.26. The van der Waals surface area contributed by atoms with E-state index < -0.39 is 5.78 Å². The zero-order valence-corrected chi connectivity index (χ0v) is 15.0. The van der Waals surface area contributed by atoms with E-state index in [-0.39, 0.29) is 33.5 Å². The van der Waals surface area contributed by atoms with E-state index in [1.54, 1.807) is 6.92 Å². The minimum atomic E-state index is -0.404. The van der Waals surface area contributed by atoms with Crippen LogP contribution in [0.1, 0.15) is 46.7 Å². The first-order valence-corrected chi connectivity index (χ1v) is 9.15. The molecule has 1 aliphatic carbocycles. The molecule has 2 aromatic heterocycles. The van der Waals surface area contributed by atoms with Gasteiger partial charge in [-0.25, -0.2) is 0 Å². The standard InChI is InChI=1S/C17H17N3O5S/c1-9-12-14(22)16-10(13(21)15(12)25-19-9)8-11(26-16)17(23)18-2-3-20-4-6-24-7-5-20/h8H,2-7H2,1H3,(H,18,23). The summed E-state index contributed by atoms with van der Waals surface area (Å²) in [4.78, 5) is 40.3. The number of aromatic nitrogens is 1. The smallest absolute Gasteiger partial charge is 0.261 e. The monoisotopic (exact) mass is 375 g/mol.